The lowest BCUT2D eigenvalue weighted by molar-refractivity contribution is -0.143. The number of carbonyl (C=O) groups excluding carboxylic acids is 1. The molecule has 1 fully saturated rings. The fourth-order valence-electron chi connectivity index (χ4n) is 2.75. The van der Waals surface area contributed by atoms with Crippen LogP contribution in [0, 0.1) is 16.7 Å². The number of aliphatic hydroxyl groups excluding tert-OH is 1. The van der Waals surface area contributed by atoms with Gasteiger partial charge in [-0.15, -0.1) is 0 Å². The van der Waals surface area contributed by atoms with E-state index < -0.39 is 5.41 Å². The van der Waals surface area contributed by atoms with Crippen LogP contribution < -0.4 is 0 Å². The molecule has 1 atom stereocenters. The first-order chi connectivity index (χ1) is 8.65. The average Bonchev–Trinajstić information content (AvgIpc) is 2.42. The standard InChI is InChI=1S/C14H24N2O2/c1-3-14(4-2,11-15)13(18)16-9-6-5-7-12(16)8-10-17/h12,17H,3-10H2,1-2H3. The maximum atomic E-state index is 12.6. The molecule has 1 aliphatic heterocycles. The lowest BCUT2D eigenvalue weighted by Crippen LogP contribution is -2.50. The topological polar surface area (TPSA) is 64.3 Å². The molecule has 0 aliphatic carbocycles. The molecule has 0 bridgehead atoms. The second-order valence-corrected chi connectivity index (χ2v) is 5.06. The Labute approximate surface area is 110 Å². The summed E-state index contributed by atoms with van der Waals surface area (Å²) < 4.78 is 0. The van der Waals surface area contributed by atoms with Crippen LogP contribution in [0.5, 0.6) is 0 Å². The Balaban J connectivity index is 2.88. The molecule has 0 spiro atoms. The van der Waals surface area contributed by atoms with Crippen molar-refractivity contribution in [3.05, 3.63) is 0 Å². The van der Waals surface area contributed by atoms with Gasteiger partial charge >= 0.3 is 0 Å². The number of aliphatic hydroxyl groups is 1. The quantitative estimate of drug-likeness (QED) is 0.814. The van der Waals surface area contributed by atoms with Crippen molar-refractivity contribution in [2.75, 3.05) is 13.2 Å². The third-order valence-corrected chi connectivity index (χ3v) is 4.18. The van der Waals surface area contributed by atoms with E-state index >= 15 is 0 Å². The van der Waals surface area contributed by atoms with E-state index in [1.807, 2.05) is 18.7 Å². The Morgan fingerprint density at radius 1 is 1.44 bits per heavy atom. The van der Waals surface area contributed by atoms with Gasteiger partial charge in [0, 0.05) is 19.2 Å². The molecule has 0 aromatic heterocycles. The molecular formula is C14H24N2O2. The maximum absolute atomic E-state index is 12.6. The van der Waals surface area contributed by atoms with Crippen molar-refractivity contribution in [2.24, 2.45) is 5.41 Å². The van der Waals surface area contributed by atoms with E-state index in [1.165, 1.54) is 0 Å². The van der Waals surface area contributed by atoms with Crippen molar-refractivity contribution in [2.45, 2.75) is 58.4 Å². The molecule has 1 amide bonds. The second-order valence-electron chi connectivity index (χ2n) is 5.06. The molecule has 1 N–H and O–H groups in total. The molecular weight excluding hydrogens is 228 g/mol. The minimum Gasteiger partial charge on any atom is -0.396 e. The Morgan fingerprint density at radius 2 is 2.11 bits per heavy atom. The van der Waals surface area contributed by atoms with Gasteiger partial charge in [-0.2, -0.15) is 5.26 Å². The van der Waals surface area contributed by atoms with Crippen LogP contribution in [0.25, 0.3) is 0 Å². The summed E-state index contributed by atoms with van der Waals surface area (Å²) in [5, 5.41) is 18.4. The van der Waals surface area contributed by atoms with Gasteiger partial charge < -0.3 is 10.0 Å². The van der Waals surface area contributed by atoms with Gasteiger partial charge in [-0.25, -0.2) is 0 Å². The van der Waals surface area contributed by atoms with Gasteiger partial charge in [-0.1, -0.05) is 13.8 Å². The lowest BCUT2D eigenvalue weighted by atomic mass is 9.81. The van der Waals surface area contributed by atoms with E-state index in [4.69, 9.17) is 5.11 Å². The van der Waals surface area contributed by atoms with Crippen molar-refractivity contribution >= 4 is 5.91 Å². The van der Waals surface area contributed by atoms with Crippen molar-refractivity contribution in [3.63, 3.8) is 0 Å². The predicted octanol–water partition coefficient (Wildman–Crippen LogP) is 2.08. The van der Waals surface area contributed by atoms with Crippen LogP contribution in [0.4, 0.5) is 0 Å². The van der Waals surface area contributed by atoms with E-state index in [0.29, 0.717) is 19.3 Å². The number of nitriles is 1. The highest BCUT2D eigenvalue weighted by molar-refractivity contribution is 5.85. The number of carbonyl (C=O) groups is 1. The maximum Gasteiger partial charge on any atom is 0.243 e. The first kappa shape index (κ1) is 15.0. The van der Waals surface area contributed by atoms with Crippen LogP contribution in [0.3, 0.4) is 0 Å². The van der Waals surface area contributed by atoms with Crippen LogP contribution in [-0.4, -0.2) is 35.1 Å². The Bertz CT molecular complexity index is 316. The summed E-state index contributed by atoms with van der Waals surface area (Å²) in [6.45, 7) is 4.63. The summed E-state index contributed by atoms with van der Waals surface area (Å²) in [5.74, 6) is -0.0341. The zero-order valence-corrected chi connectivity index (χ0v) is 11.5. The molecule has 1 rings (SSSR count). The van der Waals surface area contributed by atoms with Crippen LogP contribution in [0.2, 0.25) is 0 Å². The van der Waals surface area contributed by atoms with Crippen molar-refractivity contribution in [3.8, 4) is 6.07 Å². The average molecular weight is 252 g/mol. The van der Waals surface area contributed by atoms with Gasteiger partial charge in [0.2, 0.25) is 5.91 Å². The second kappa shape index (κ2) is 6.75. The zero-order chi connectivity index (χ0) is 13.6. The number of nitrogens with zero attached hydrogens (tertiary/aromatic N) is 2. The van der Waals surface area contributed by atoms with Crippen molar-refractivity contribution in [1.82, 2.24) is 4.90 Å². The summed E-state index contributed by atoms with van der Waals surface area (Å²) in [6.07, 6.45) is 4.79. The highest BCUT2D eigenvalue weighted by Crippen LogP contribution is 2.32. The van der Waals surface area contributed by atoms with Gasteiger partial charge in [0.25, 0.3) is 0 Å². The Kier molecular flexibility index (Phi) is 5.61. The summed E-state index contributed by atoms with van der Waals surface area (Å²) in [7, 11) is 0. The van der Waals surface area contributed by atoms with E-state index in [2.05, 4.69) is 6.07 Å². The summed E-state index contributed by atoms with van der Waals surface area (Å²) in [4.78, 5) is 14.5. The number of hydrogen-bond donors (Lipinski definition) is 1. The van der Waals surface area contributed by atoms with E-state index in [9.17, 15) is 10.1 Å². The minimum atomic E-state index is -0.870. The fraction of sp³-hybridized carbons (Fsp3) is 0.857. The van der Waals surface area contributed by atoms with Gasteiger partial charge in [0.05, 0.1) is 6.07 Å². The van der Waals surface area contributed by atoms with Gasteiger partial charge in [-0.05, 0) is 38.5 Å². The number of piperidine rings is 1. The molecule has 4 nitrogen and oxygen atoms in total. The van der Waals surface area contributed by atoms with Crippen LogP contribution in [0.15, 0.2) is 0 Å². The molecule has 1 unspecified atom stereocenters. The molecule has 1 aliphatic rings. The SMILES string of the molecule is CCC(C#N)(CC)C(=O)N1CCCCC1CCO. The predicted molar refractivity (Wildman–Crippen MR) is 69.7 cm³/mol. The zero-order valence-electron chi connectivity index (χ0n) is 11.5. The molecule has 0 aromatic rings. The molecule has 1 saturated heterocycles. The van der Waals surface area contributed by atoms with E-state index in [1.54, 1.807) is 0 Å². The first-order valence-corrected chi connectivity index (χ1v) is 6.98. The van der Waals surface area contributed by atoms with Crippen LogP contribution >= 0.6 is 0 Å². The van der Waals surface area contributed by atoms with Gasteiger partial charge in [-0.3, -0.25) is 4.79 Å². The van der Waals surface area contributed by atoms with E-state index in [-0.39, 0.29) is 18.6 Å². The number of rotatable bonds is 5. The Morgan fingerprint density at radius 3 is 2.61 bits per heavy atom. The largest absolute Gasteiger partial charge is 0.396 e. The minimum absolute atomic E-state index is 0.0341. The smallest absolute Gasteiger partial charge is 0.243 e. The molecule has 0 saturated carbocycles. The van der Waals surface area contributed by atoms with E-state index in [0.717, 1.165) is 25.8 Å². The molecule has 0 radical (unpaired) electrons. The van der Waals surface area contributed by atoms with Crippen molar-refractivity contribution < 1.29 is 9.90 Å². The fourth-order valence-corrected chi connectivity index (χ4v) is 2.75. The Hall–Kier alpha value is -1.08. The highest BCUT2D eigenvalue weighted by Gasteiger charge is 2.41. The summed E-state index contributed by atoms with van der Waals surface area (Å²) in [5.41, 5.74) is -0.870. The third-order valence-electron chi connectivity index (χ3n) is 4.18. The monoisotopic (exact) mass is 252 g/mol. The molecule has 4 heteroatoms. The summed E-state index contributed by atoms with van der Waals surface area (Å²) >= 11 is 0. The van der Waals surface area contributed by atoms with Gasteiger partial charge in [0.15, 0.2) is 0 Å². The molecule has 0 aromatic carbocycles. The number of amides is 1. The molecule has 18 heavy (non-hydrogen) atoms. The van der Waals surface area contributed by atoms with Crippen molar-refractivity contribution in [1.29, 1.82) is 5.26 Å². The third kappa shape index (κ3) is 2.84. The number of likely N-dealkylation sites (tertiary alicyclic amines) is 1. The highest BCUT2D eigenvalue weighted by atomic mass is 16.3. The summed E-state index contributed by atoms with van der Waals surface area (Å²) in [6, 6.07) is 2.33. The first-order valence-electron chi connectivity index (χ1n) is 6.98. The molecule has 1 heterocycles. The number of hydrogen-bond acceptors (Lipinski definition) is 3. The lowest BCUT2D eigenvalue weighted by Gasteiger charge is -2.39. The van der Waals surface area contributed by atoms with Crippen LogP contribution in [0.1, 0.15) is 52.4 Å². The van der Waals surface area contributed by atoms with Gasteiger partial charge in [0.1, 0.15) is 5.41 Å². The van der Waals surface area contributed by atoms with Crippen LogP contribution in [-0.2, 0) is 4.79 Å². The molecule has 102 valence electrons. The normalized spacial score (nSPS) is 20.6.